The molecule has 5 nitrogen and oxygen atoms in total. The van der Waals surface area contributed by atoms with E-state index in [0.29, 0.717) is 17.9 Å². The number of likely N-dealkylation sites (tertiary alicyclic amines) is 1. The Labute approximate surface area is 165 Å². The molecular formula is C19H22BrNO4S. The van der Waals surface area contributed by atoms with Gasteiger partial charge in [0.2, 0.25) is 0 Å². The lowest BCUT2D eigenvalue weighted by molar-refractivity contribution is -0.145. The third-order valence-corrected chi connectivity index (χ3v) is 6.38. The van der Waals surface area contributed by atoms with Crippen LogP contribution in [0.5, 0.6) is 11.5 Å². The Morgan fingerprint density at radius 1 is 1.31 bits per heavy atom. The highest BCUT2D eigenvalue weighted by molar-refractivity contribution is 9.10. The molecule has 2 aromatic rings. The van der Waals surface area contributed by atoms with Crippen LogP contribution in [0.25, 0.3) is 0 Å². The van der Waals surface area contributed by atoms with Crippen LogP contribution in [0.3, 0.4) is 0 Å². The second kappa shape index (κ2) is 8.41. The third kappa shape index (κ3) is 3.75. The first kappa shape index (κ1) is 19.2. The molecule has 0 radical (unpaired) electrons. The van der Waals surface area contributed by atoms with Crippen molar-refractivity contribution >= 4 is 33.2 Å². The van der Waals surface area contributed by atoms with Crippen molar-refractivity contribution < 1.29 is 19.4 Å². The lowest BCUT2D eigenvalue weighted by atomic mass is 9.95. The quantitative estimate of drug-likeness (QED) is 0.714. The van der Waals surface area contributed by atoms with Crippen LogP contribution in [0, 0.1) is 0 Å². The van der Waals surface area contributed by atoms with E-state index in [1.807, 2.05) is 23.6 Å². The van der Waals surface area contributed by atoms with Crippen molar-refractivity contribution in [2.24, 2.45) is 0 Å². The summed E-state index contributed by atoms with van der Waals surface area (Å²) in [7, 11) is 3.21. The molecule has 0 aliphatic carbocycles. The second-order valence-electron chi connectivity index (χ2n) is 6.23. The minimum absolute atomic E-state index is 0.148. The molecule has 26 heavy (non-hydrogen) atoms. The van der Waals surface area contributed by atoms with Crippen LogP contribution in [-0.2, 0) is 4.79 Å². The van der Waals surface area contributed by atoms with Crippen molar-refractivity contribution in [2.45, 2.75) is 31.3 Å². The summed E-state index contributed by atoms with van der Waals surface area (Å²) in [5.74, 6) is 0.514. The second-order valence-corrected chi connectivity index (χ2v) is 8.07. The molecule has 3 rings (SSSR count). The Hall–Kier alpha value is -1.57. The van der Waals surface area contributed by atoms with Gasteiger partial charge in [-0.15, -0.1) is 11.3 Å². The Bertz CT molecular complexity index is 765. The lowest BCUT2D eigenvalue weighted by Gasteiger charge is -2.39. The fourth-order valence-electron chi connectivity index (χ4n) is 3.55. The molecule has 0 spiro atoms. The smallest absolute Gasteiger partial charge is 0.320 e. The SMILES string of the molecule is COc1cc(Br)c(C(c2cccs2)N2CCCCC2C(=O)O)cc1OC. The summed E-state index contributed by atoms with van der Waals surface area (Å²) >= 11 is 5.29. The number of aliphatic carboxylic acids is 1. The van der Waals surface area contributed by atoms with Gasteiger partial charge in [-0.3, -0.25) is 9.69 Å². The van der Waals surface area contributed by atoms with E-state index < -0.39 is 12.0 Å². The number of methoxy groups -OCH3 is 2. The van der Waals surface area contributed by atoms with Crippen LogP contribution in [0.1, 0.15) is 35.7 Å². The van der Waals surface area contributed by atoms with Crippen LogP contribution in [0.2, 0.25) is 0 Å². The van der Waals surface area contributed by atoms with Crippen LogP contribution < -0.4 is 9.47 Å². The van der Waals surface area contributed by atoms with E-state index in [4.69, 9.17) is 9.47 Å². The van der Waals surface area contributed by atoms with Crippen molar-refractivity contribution in [1.29, 1.82) is 0 Å². The van der Waals surface area contributed by atoms with Gasteiger partial charge in [0.25, 0.3) is 0 Å². The van der Waals surface area contributed by atoms with Crippen LogP contribution in [-0.4, -0.2) is 42.8 Å². The van der Waals surface area contributed by atoms with E-state index in [1.54, 1.807) is 25.6 Å². The minimum Gasteiger partial charge on any atom is -0.493 e. The predicted molar refractivity (Wildman–Crippen MR) is 105 cm³/mol. The van der Waals surface area contributed by atoms with Crippen molar-refractivity contribution in [3.8, 4) is 11.5 Å². The molecule has 0 bridgehead atoms. The van der Waals surface area contributed by atoms with E-state index in [2.05, 4.69) is 26.9 Å². The molecule has 2 heterocycles. The molecule has 2 atom stereocenters. The molecule has 1 aliphatic heterocycles. The number of ether oxygens (including phenoxy) is 2. The number of piperidine rings is 1. The normalized spacial score (nSPS) is 19.1. The number of carboxylic acid groups (broad SMARTS) is 1. The van der Waals surface area contributed by atoms with Gasteiger partial charge >= 0.3 is 5.97 Å². The van der Waals surface area contributed by atoms with Crippen molar-refractivity contribution in [2.75, 3.05) is 20.8 Å². The Morgan fingerprint density at radius 3 is 2.65 bits per heavy atom. The first-order chi connectivity index (χ1) is 12.6. The van der Waals surface area contributed by atoms with Gasteiger partial charge in [-0.2, -0.15) is 0 Å². The zero-order chi connectivity index (χ0) is 18.7. The molecule has 7 heteroatoms. The topological polar surface area (TPSA) is 59.0 Å². The molecule has 1 aliphatic rings. The number of nitrogens with zero attached hydrogens (tertiary/aromatic N) is 1. The molecule has 1 aromatic carbocycles. The summed E-state index contributed by atoms with van der Waals surface area (Å²) in [6, 6.07) is 7.25. The summed E-state index contributed by atoms with van der Waals surface area (Å²) in [6.07, 6.45) is 2.61. The van der Waals surface area contributed by atoms with Crippen molar-refractivity contribution in [3.05, 3.63) is 44.6 Å². The highest BCUT2D eigenvalue weighted by atomic mass is 79.9. The van der Waals surface area contributed by atoms with Crippen LogP contribution >= 0.6 is 27.3 Å². The molecule has 2 unspecified atom stereocenters. The number of hydrogen-bond acceptors (Lipinski definition) is 5. The lowest BCUT2D eigenvalue weighted by Crippen LogP contribution is -2.46. The number of hydrogen-bond donors (Lipinski definition) is 1. The molecule has 0 saturated carbocycles. The molecular weight excluding hydrogens is 418 g/mol. The van der Waals surface area contributed by atoms with Gasteiger partial charge in [0.1, 0.15) is 6.04 Å². The first-order valence-electron chi connectivity index (χ1n) is 8.50. The maximum absolute atomic E-state index is 11.9. The van der Waals surface area contributed by atoms with Gasteiger partial charge in [-0.1, -0.05) is 28.4 Å². The number of carboxylic acids is 1. The summed E-state index contributed by atoms with van der Waals surface area (Å²) in [6.45, 7) is 0.750. The number of benzene rings is 1. The van der Waals surface area contributed by atoms with Crippen molar-refractivity contribution in [1.82, 2.24) is 4.90 Å². The molecule has 1 saturated heterocycles. The summed E-state index contributed by atoms with van der Waals surface area (Å²) in [5, 5.41) is 11.8. The molecule has 1 fully saturated rings. The zero-order valence-electron chi connectivity index (χ0n) is 14.8. The summed E-state index contributed by atoms with van der Waals surface area (Å²) in [4.78, 5) is 15.1. The number of carbonyl (C=O) groups is 1. The highest BCUT2D eigenvalue weighted by Crippen LogP contribution is 2.43. The summed E-state index contributed by atoms with van der Waals surface area (Å²) < 4.78 is 11.7. The average Bonchev–Trinajstić information content (AvgIpc) is 3.17. The van der Waals surface area contributed by atoms with E-state index in [9.17, 15) is 9.90 Å². The fourth-order valence-corrected chi connectivity index (χ4v) is 4.95. The third-order valence-electron chi connectivity index (χ3n) is 4.77. The fraction of sp³-hybridized carbons (Fsp3) is 0.421. The molecule has 1 aromatic heterocycles. The highest BCUT2D eigenvalue weighted by Gasteiger charge is 2.36. The van der Waals surface area contributed by atoms with E-state index in [-0.39, 0.29) is 6.04 Å². The maximum Gasteiger partial charge on any atom is 0.320 e. The molecule has 0 amide bonds. The van der Waals surface area contributed by atoms with Gasteiger partial charge < -0.3 is 14.6 Å². The predicted octanol–water partition coefficient (Wildman–Crippen LogP) is 4.56. The molecule has 140 valence electrons. The number of rotatable bonds is 6. The van der Waals surface area contributed by atoms with E-state index >= 15 is 0 Å². The summed E-state index contributed by atoms with van der Waals surface area (Å²) in [5.41, 5.74) is 0.984. The van der Waals surface area contributed by atoms with Crippen molar-refractivity contribution in [3.63, 3.8) is 0 Å². The van der Waals surface area contributed by atoms with E-state index in [0.717, 1.165) is 34.3 Å². The Balaban J connectivity index is 2.12. The Morgan fingerprint density at radius 2 is 2.04 bits per heavy atom. The van der Waals surface area contributed by atoms with Gasteiger partial charge in [-0.05, 0) is 48.5 Å². The average molecular weight is 440 g/mol. The largest absolute Gasteiger partial charge is 0.493 e. The minimum atomic E-state index is -0.761. The Kier molecular flexibility index (Phi) is 6.21. The zero-order valence-corrected chi connectivity index (χ0v) is 17.2. The van der Waals surface area contributed by atoms with E-state index in [1.165, 1.54) is 0 Å². The van der Waals surface area contributed by atoms with Crippen LogP contribution in [0.4, 0.5) is 0 Å². The standard InChI is InChI=1S/C19H22BrNO4S/c1-24-15-10-12(13(20)11-16(15)25-2)18(17-7-5-9-26-17)21-8-4-3-6-14(21)19(22)23/h5,7,9-11,14,18H,3-4,6,8H2,1-2H3,(H,22,23). The molecule has 1 N–H and O–H groups in total. The van der Waals surface area contributed by atoms with Gasteiger partial charge in [-0.25, -0.2) is 0 Å². The van der Waals surface area contributed by atoms with Gasteiger partial charge in [0.05, 0.1) is 20.3 Å². The van der Waals surface area contributed by atoms with Crippen LogP contribution in [0.15, 0.2) is 34.1 Å². The van der Waals surface area contributed by atoms with Gasteiger partial charge in [0, 0.05) is 9.35 Å². The van der Waals surface area contributed by atoms with Gasteiger partial charge in [0.15, 0.2) is 11.5 Å². The number of halogens is 1. The maximum atomic E-state index is 11.9. The first-order valence-corrected chi connectivity index (χ1v) is 10.2. The monoisotopic (exact) mass is 439 g/mol. The number of thiophene rings is 1.